The summed E-state index contributed by atoms with van der Waals surface area (Å²) in [5.74, 6) is 1.09. The van der Waals surface area contributed by atoms with Crippen molar-refractivity contribution in [1.82, 2.24) is 9.80 Å². The number of piperazine rings is 1. The van der Waals surface area contributed by atoms with E-state index in [0.29, 0.717) is 29.6 Å². The molecule has 2 heterocycles. The first-order valence-electron chi connectivity index (χ1n) is 8.03. The van der Waals surface area contributed by atoms with Gasteiger partial charge >= 0.3 is 0 Å². The van der Waals surface area contributed by atoms with Crippen LogP contribution in [0.4, 0.5) is 0 Å². The molecule has 8 heteroatoms. The van der Waals surface area contributed by atoms with E-state index in [-0.39, 0.29) is 17.7 Å². The molecule has 3 rings (SSSR count). The van der Waals surface area contributed by atoms with Crippen LogP contribution in [0.2, 0.25) is 5.02 Å². The largest absolute Gasteiger partial charge is 0.339 e. The van der Waals surface area contributed by atoms with E-state index in [1.165, 1.54) is 11.8 Å². The molecule has 1 aromatic carbocycles. The van der Waals surface area contributed by atoms with Gasteiger partial charge in [-0.25, -0.2) is 8.42 Å². The highest BCUT2D eigenvalue weighted by Crippen LogP contribution is 2.23. The zero-order chi connectivity index (χ0) is 17.2. The fourth-order valence-corrected chi connectivity index (χ4v) is 6.07. The lowest BCUT2D eigenvalue weighted by atomic mass is 10.2. The number of carbonyl (C=O) groups excluding carboxylic acids is 1. The molecule has 1 atom stereocenters. The number of thioether (sulfide) groups is 1. The number of carbonyl (C=O) groups is 1. The van der Waals surface area contributed by atoms with E-state index >= 15 is 0 Å². The smallest absolute Gasteiger partial charge is 0.233 e. The molecule has 2 saturated heterocycles. The van der Waals surface area contributed by atoms with Crippen LogP contribution in [0, 0.1) is 0 Å². The highest BCUT2D eigenvalue weighted by Gasteiger charge is 2.34. The van der Waals surface area contributed by atoms with Crippen molar-refractivity contribution in [3.63, 3.8) is 0 Å². The molecule has 0 unspecified atom stereocenters. The third-order valence-corrected chi connectivity index (χ3v) is 7.51. The van der Waals surface area contributed by atoms with Gasteiger partial charge < -0.3 is 4.90 Å². The Morgan fingerprint density at radius 1 is 1.25 bits per heavy atom. The molecule has 0 bridgehead atoms. The van der Waals surface area contributed by atoms with Gasteiger partial charge in [-0.2, -0.15) is 0 Å². The summed E-state index contributed by atoms with van der Waals surface area (Å²) >= 11 is 7.44. The van der Waals surface area contributed by atoms with Crippen LogP contribution in [-0.4, -0.2) is 73.6 Å². The Morgan fingerprint density at radius 3 is 2.62 bits per heavy atom. The molecular weight excluding hydrogens is 368 g/mol. The lowest BCUT2D eigenvalue weighted by Crippen LogP contribution is -2.52. The molecule has 0 radical (unpaired) electrons. The molecule has 24 heavy (non-hydrogen) atoms. The van der Waals surface area contributed by atoms with Gasteiger partial charge in [0.1, 0.15) is 0 Å². The minimum absolute atomic E-state index is 0.124. The molecule has 0 saturated carbocycles. The van der Waals surface area contributed by atoms with Crippen LogP contribution in [0.5, 0.6) is 0 Å². The van der Waals surface area contributed by atoms with Gasteiger partial charge in [-0.1, -0.05) is 17.7 Å². The van der Waals surface area contributed by atoms with E-state index in [1.54, 1.807) is 0 Å². The first-order chi connectivity index (χ1) is 11.4. The Balaban J connectivity index is 1.45. The van der Waals surface area contributed by atoms with Gasteiger partial charge in [0.05, 0.1) is 17.3 Å². The standard InChI is InChI=1S/C16H21ClN2O3S2/c17-13-2-1-3-15(10-13)23-11-16(20)19-7-5-18(6-8-19)14-4-9-24(21,22)12-14/h1-3,10,14H,4-9,11-12H2/t14-/m0/s1. The molecule has 2 aliphatic heterocycles. The zero-order valence-electron chi connectivity index (χ0n) is 13.4. The summed E-state index contributed by atoms with van der Waals surface area (Å²) in [7, 11) is -2.85. The maximum atomic E-state index is 12.3. The lowest BCUT2D eigenvalue weighted by molar-refractivity contribution is -0.130. The van der Waals surface area contributed by atoms with E-state index in [1.807, 2.05) is 29.2 Å². The molecule has 0 aromatic heterocycles. The second-order valence-electron chi connectivity index (χ2n) is 6.22. The van der Waals surface area contributed by atoms with Gasteiger partial charge in [0.15, 0.2) is 9.84 Å². The normalized spacial score (nSPS) is 24.2. The molecular formula is C16H21ClN2O3S2. The van der Waals surface area contributed by atoms with Crippen molar-refractivity contribution >= 4 is 39.1 Å². The van der Waals surface area contributed by atoms with Gasteiger partial charge in [-0.3, -0.25) is 9.69 Å². The van der Waals surface area contributed by atoms with Crippen molar-refractivity contribution < 1.29 is 13.2 Å². The minimum atomic E-state index is -2.85. The Bertz CT molecular complexity index is 703. The van der Waals surface area contributed by atoms with Crippen LogP contribution in [0.1, 0.15) is 6.42 Å². The average molecular weight is 389 g/mol. The fourth-order valence-electron chi connectivity index (χ4n) is 3.19. The number of sulfone groups is 1. The molecule has 2 aliphatic rings. The average Bonchev–Trinajstić information content (AvgIpc) is 2.93. The molecule has 2 fully saturated rings. The topological polar surface area (TPSA) is 57.7 Å². The van der Waals surface area contributed by atoms with Crippen molar-refractivity contribution in [2.75, 3.05) is 43.4 Å². The van der Waals surface area contributed by atoms with Crippen LogP contribution in [0.25, 0.3) is 0 Å². The molecule has 0 spiro atoms. The van der Waals surface area contributed by atoms with Gasteiger partial charge in [0.2, 0.25) is 5.91 Å². The van der Waals surface area contributed by atoms with Gasteiger partial charge in [0, 0.05) is 42.1 Å². The number of halogens is 1. The van der Waals surface area contributed by atoms with E-state index < -0.39 is 9.84 Å². The second-order valence-corrected chi connectivity index (χ2v) is 9.93. The van der Waals surface area contributed by atoms with Crippen molar-refractivity contribution in [1.29, 1.82) is 0 Å². The van der Waals surface area contributed by atoms with E-state index in [9.17, 15) is 13.2 Å². The van der Waals surface area contributed by atoms with Crippen LogP contribution in [0.15, 0.2) is 29.2 Å². The maximum Gasteiger partial charge on any atom is 0.233 e. The SMILES string of the molecule is O=C(CSc1cccc(Cl)c1)N1CCN([C@H]2CCS(=O)(=O)C2)CC1. The Kier molecular flexibility index (Phi) is 5.74. The first-order valence-corrected chi connectivity index (χ1v) is 11.2. The number of nitrogens with zero attached hydrogens (tertiary/aromatic N) is 2. The molecule has 5 nitrogen and oxygen atoms in total. The molecule has 0 N–H and O–H groups in total. The van der Waals surface area contributed by atoms with Crippen LogP contribution in [0.3, 0.4) is 0 Å². The molecule has 132 valence electrons. The molecule has 1 aromatic rings. The monoisotopic (exact) mass is 388 g/mol. The number of hydrogen-bond donors (Lipinski definition) is 0. The van der Waals surface area contributed by atoms with Crippen molar-refractivity contribution in [3.8, 4) is 0 Å². The first kappa shape index (κ1) is 18.0. The van der Waals surface area contributed by atoms with E-state index in [0.717, 1.165) is 24.4 Å². The van der Waals surface area contributed by atoms with Crippen molar-refractivity contribution in [2.45, 2.75) is 17.4 Å². The quantitative estimate of drug-likeness (QED) is 0.736. The van der Waals surface area contributed by atoms with Crippen molar-refractivity contribution in [3.05, 3.63) is 29.3 Å². The van der Waals surface area contributed by atoms with Gasteiger partial charge in [-0.15, -0.1) is 11.8 Å². The van der Waals surface area contributed by atoms with Crippen LogP contribution in [-0.2, 0) is 14.6 Å². The summed E-state index contributed by atoms with van der Waals surface area (Å²) in [4.78, 5) is 17.4. The van der Waals surface area contributed by atoms with Gasteiger partial charge in [0.25, 0.3) is 0 Å². The minimum Gasteiger partial charge on any atom is -0.339 e. The third kappa shape index (κ3) is 4.65. The zero-order valence-corrected chi connectivity index (χ0v) is 15.7. The lowest BCUT2D eigenvalue weighted by Gasteiger charge is -2.37. The number of rotatable bonds is 4. The summed E-state index contributed by atoms with van der Waals surface area (Å²) in [6.45, 7) is 2.86. The highest BCUT2D eigenvalue weighted by molar-refractivity contribution is 8.00. The maximum absolute atomic E-state index is 12.3. The third-order valence-electron chi connectivity index (χ3n) is 4.55. The summed E-state index contributed by atoms with van der Waals surface area (Å²) in [5.41, 5.74) is 0. The number of hydrogen-bond acceptors (Lipinski definition) is 5. The predicted octanol–water partition coefficient (Wildman–Crippen LogP) is 1.76. The van der Waals surface area contributed by atoms with Crippen molar-refractivity contribution in [2.24, 2.45) is 0 Å². The number of benzene rings is 1. The molecule has 1 amide bonds. The summed E-state index contributed by atoms with van der Waals surface area (Å²) in [6, 6.07) is 7.63. The summed E-state index contributed by atoms with van der Waals surface area (Å²) < 4.78 is 23.2. The number of amides is 1. The van der Waals surface area contributed by atoms with Crippen LogP contribution >= 0.6 is 23.4 Å². The highest BCUT2D eigenvalue weighted by atomic mass is 35.5. The predicted molar refractivity (Wildman–Crippen MR) is 97.4 cm³/mol. The molecule has 0 aliphatic carbocycles. The summed E-state index contributed by atoms with van der Waals surface area (Å²) in [6.07, 6.45) is 0.723. The van der Waals surface area contributed by atoms with Crippen LogP contribution < -0.4 is 0 Å². The summed E-state index contributed by atoms with van der Waals surface area (Å²) in [5, 5.41) is 0.674. The Labute approximate surface area is 152 Å². The Morgan fingerprint density at radius 2 is 2.00 bits per heavy atom. The van der Waals surface area contributed by atoms with Gasteiger partial charge in [-0.05, 0) is 24.6 Å². The Hall–Kier alpha value is -0.760. The van der Waals surface area contributed by atoms with E-state index in [4.69, 9.17) is 11.6 Å². The second kappa shape index (κ2) is 7.64. The fraction of sp³-hybridized carbons (Fsp3) is 0.562. The van der Waals surface area contributed by atoms with E-state index in [2.05, 4.69) is 4.90 Å².